The zero-order chi connectivity index (χ0) is 18.2. The summed E-state index contributed by atoms with van der Waals surface area (Å²) in [4.78, 5) is 22.2. The number of primary amides is 1. The molecule has 24 heavy (non-hydrogen) atoms. The summed E-state index contributed by atoms with van der Waals surface area (Å²) in [6.45, 7) is 3.72. The quantitative estimate of drug-likeness (QED) is 0.712. The van der Waals surface area contributed by atoms with Crippen LogP contribution in [0.4, 0.5) is 8.78 Å². The van der Waals surface area contributed by atoms with Crippen molar-refractivity contribution in [1.82, 2.24) is 0 Å². The Labute approximate surface area is 142 Å². The van der Waals surface area contributed by atoms with Crippen molar-refractivity contribution in [1.29, 1.82) is 0 Å². The molecule has 1 aromatic heterocycles. The van der Waals surface area contributed by atoms with Gasteiger partial charge >= 0.3 is 142 Å². The van der Waals surface area contributed by atoms with E-state index >= 15 is 8.78 Å². The zero-order valence-electron chi connectivity index (χ0n) is 13.6. The van der Waals surface area contributed by atoms with Crippen LogP contribution in [0.25, 0.3) is 10.1 Å². The molecule has 0 saturated carbocycles. The Hall–Kier alpha value is -1.18. The van der Waals surface area contributed by atoms with Crippen molar-refractivity contribution in [2.24, 2.45) is 5.73 Å². The van der Waals surface area contributed by atoms with Gasteiger partial charge < -0.3 is 0 Å². The van der Waals surface area contributed by atoms with Crippen LogP contribution in [0.3, 0.4) is 0 Å². The molecule has 0 radical (unpaired) electrons. The van der Waals surface area contributed by atoms with Gasteiger partial charge in [-0.05, 0) is 0 Å². The van der Waals surface area contributed by atoms with Crippen LogP contribution in [-0.2, 0) is 14.7 Å². The molecule has 0 aliphatic carbocycles. The summed E-state index contributed by atoms with van der Waals surface area (Å²) in [5, 5.41) is 0.442. The first-order valence-electron chi connectivity index (χ1n) is 7.32. The third-order valence-electron chi connectivity index (χ3n) is 3.61. The number of nitrogens with two attached hydrogens (primary N) is 1. The topological polar surface area (TPSA) is 81.8 Å². The normalized spacial score (nSPS) is 14.5. The van der Waals surface area contributed by atoms with Crippen molar-refractivity contribution in [2.45, 2.75) is 19.5 Å². The Morgan fingerprint density at radius 2 is 1.88 bits per heavy atom. The van der Waals surface area contributed by atoms with E-state index in [1.165, 1.54) is 38.1 Å². The predicted octanol–water partition coefficient (Wildman–Crippen LogP) is 4.04. The molecule has 0 saturated heterocycles. The van der Waals surface area contributed by atoms with Gasteiger partial charge in [-0.3, -0.25) is 0 Å². The molecule has 2 rings (SSSR count). The molecule has 0 unspecified atom stereocenters. The fourth-order valence-electron chi connectivity index (χ4n) is 2.45. The maximum atomic E-state index is 15.1. The van der Waals surface area contributed by atoms with Gasteiger partial charge in [0, 0.05) is 0 Å². The van der Waals surface area contributed by atoms with Gasteiger partial charge in [0.05, 0.1) is 0 Å². The monoisotopic (exact) mass is 379 g/mol. The minimum absolute atomic E-state index is 0.118. The summed E-state index contributed by atoms with van der Waals surface area (Å²) in [6.07, 6.45) is 0. The molecule has 1 heterocycles. The number of hydrogen-bond donors (Lipinski definition) is 2. The van der Waals surface area contributed by atoms with Crippen LogP contribution in [-0.4, -0.2) is 30.7 Å². The summed E-state index contributed by atoms with van der Waals surface area (Å²) in [5.41, 5.74) is 1.05. The third kappa shape index (κ3) is 3.05. The van der Waals surface area contributed by atoms with Crippen molar-refractivity contribution in [3.05, 3.63) is 34.7 Å². The second-order valence-corrected chi connectivity index (χ2v) is 10.2. The Morgan fingerprint density at radius 1 is 1.29 bits per heavy atom. The van der Waals surface area contributed by atoms with E-state index in [0.717, 1.165) is 18.0 Å². The minimum atomic E-state index is -5.23. The van der Waals surface area contributed by atoms with E-state index in [1.54, 1.807) is 0 Å². The van der Waals surface area contributed by atoms with Gasteiger partial charge in [0.1, 0.15) is 0 Å². The van der Waals surface area contributed by atoms with E-state index in [9.17, 15) is 9.69 Å². The van der Waals surface area contributed by atoms with Gasteiger partial charge in [-0.1, -0.05) is 0 Å². The van der Waals surface area contributed by atoms with Crippen LogP contribution in [0.5, 0.6) is 0 Å². The summed E-state index contributed by atoms with van der Waals surface area (Å²) in [6, 6.07) is 5.33. The predicted molar refractivity (Wildman–Crippen MR) is 92.6 cm³/mol. The Balaban J connectivity index is 2.58. The molecular weight excluding hydrogens is 359 g/mol. The van der Waals surface area contributed by atoms with E-state index in [1.807, 2.05) is 0 Å². The number of fused-ring (bicyclic) bond motifs is 1. The van der Waals surface area contributed by atoms with E-state index < -0.39 is 24.4 Å². The molecule has 0 aliphatic heterocycles. The fourth-order valence-corrected chi connectivity index (χ4v) is 5.69. The Morgan fingerprint density at radius 3 is 2.38 bits per heavy atom. The van der Waals surface area contributed by atoms with E-state index in [2.05, 4.69) is 0 Å². The SMILES string of the molecule is CCOP(C)(O)(OCC)C(F)(F)c1ccc2sc(C(N)=O)cc2c1. The van der Waals surface area contributed by atoms with E-state index in [0.29, 0.717) is 10.1 Å². The molecule has 0 atom stereocenters. The first-order valence-corrected chi connectivity index (χ1v) is 10.6. The molecule has 9 heteroatoms. The van der Waals surface area contributed by atoms with Gasteiger partial charge in [0.15, 0.2) is 0 Å². The molecule has 1 aromatic carbocycles. The number of thiophene rings is 1. The molecule has 134 valence electrons. The van der Waals surface area contributed by atoms with Crippen LogP contribution >= 0.6 is 18.6 Å². The molecule has 0 fully saturated rings. The van der Waals surface area contributed by atoms with Crippen LogP contribution < -0.4 is 5.73 Å². The van der Waals surface area contributed by atoms with E-state index in [4.69, 9.17) is 14.8 Å². The van der Waals surface area contributed by atoms with Crippen molar-refractivity contribution in [2.75, 3.05) is 19.9 Å². The molecule has 2 aromatic rings. The van der Waals surface area contributed by atoms with Crippen molar-refractivity contribution in [3.63, 3.8) is 0 Å². The second kappa shape index (κ2) is 6.28. The summed E-state index contributed by atoms with van der Waals surface area (Å²) < 4.78 is 41.0. The maximum absolute atomic E-state index is 15.1. The number of hydrogen-bond acceptors (Lipinski definition) is 5. The molecule has 1 amide bonds. The first-order chi connectivity index (χ1) is 11.0. The molecule has 3 N–H and O–H groups in total. The number of rotatable bonds is 7. The molecule has 0 bridgehead atoms. The van der Waals surface area contributed by atoms with Gasteiger partial charge in [-0.2, -0.15) is 0 Å². The van der Waals surface area contributed by atoms with Gasteiger partial charge in [0.2, 0.25) is 0 Å². The molecule has 0 spiro atoms. The first kappa shape index (κ1) is 19.1. The summed E-state index contributed by atoms with van der Waals surface area (Å²) >= 11 is 1.12. The molecule has 5 nitrogen and oxygen atoms in total. The number of alkyl halides is 2. The number of halogens is 2. The molecular formula is C15H20F2NO4PS. The Kier molecular flexibility index (Phi) is 5.01. The zero-order valence-corrected chi connectivity index (χ0v) is 15.3. The van der Waals surface area contributed by atoms with Crippen LogP contribution in [0.15, 0.2) is 24.3 Å². The summed E-state index contributed by atoms with van der Waals surface area (Å²) in [5.74, 6) is -0.620. The number of amides is 1. The van der Waals surface area contributed by atoms with Crippen LogP contribution in [0, 0.1) is 0 Å². The standard InChI is InChI=1S/C15H20F2NO4PS/c1-4-21-23(3,20,22-5-2)15(16,17)11-6-7-12-10(8-11)9-13(24-12)14(18)19/h6-9,20H,4-5H2,1-3H3,(H2,18,19). The second-order valence-electron chi connectivity index (χ2n) is 5.41. The molecule has 0 aliphatic rings. The van der Waals surface area contributed by atoms with Crippen molar-refractivity contribution < 1.29 is 27.5 Å². The fraction of sp³-hybridized carbons (Fsp3) is 0.400. The van der Waals surface area contributed by atoms with E-state index in [-0.39, 0.29) is 18.1 Å². The number of carbonyl (C=O) groups is 1. The van der Waals surface area contributed by atoms with Crippen LogP contribution in [0.1, 0.15) is 29.1 Å². The van der Waals surface area contributed by atoms with Gasteiger partial charge in [-0.15, -0.1) is 0 Å². The van der Waals surface area contributed by atoms with Gasteiger partial charge in [0.25, 0.3) is 0 Å². The van der Waals surface area contributed by atoms with Gasteiger partial charge in [-0.25, -0.2) is 0 Å². The Bertz CT molecular complexity index is 768. The van der Waals surface area contributed by atoms with Crippen molar-refractivity contribution in [3.8, 4) is 0 Å². The van der Waals surface area contributed by atoms with Crippen molar-refractivity contribution >= 4 is 34.6 Å². The van der Waals surface area contributed by atoms with Crippen LogP contribution in [0.2, 0.25) is 0 Å². The number of benzene rings is 1. The number of carbonyl (C=O) groups excluding carboxylic acids is 1. The average Bonchev–Trinajstić information content (AvgIpc) is 2.90. The third-order valence-corrected chi connectivity index (χ3v) is 8.00. The summed E-state index contributed by atoms with van der Waals surface area (Å²) in [7, 11) is -5.23. The average molecular weight is 379 g/mol.